The van der Waals surface area contributed by atoms with Gasteiger partial charge in [-0.1, -0.05) is 19.4 Å². The van der Waals surface area contributed by atoms with Crippen molar-refractivity contribution in [2.24, 2.45) is 5.92 Å². The Labute approximate surface area is 115 Å². The molecular formula is C16H23NO2. The molecule has 2 atom stereocenters. The molecule has 104 valence electrons. The predicted octanol–water partition coefficient (Wildman–Crippen LogP) is 2.90. The van der Waals surface area contributed by atoms with E-state index in [-0.39, 0.29) is 0 Å². The Morgan fingerprint density at radius 1 is 1.37 bits per heavy atom. The van der Waals surface area contributed by atoms with Crippen molar-refractivity contribution in [1.82, 2.24) is 4.90 Å². The Morgan fingerprint density at radius 3 is 3.05 bits per heavy atom. The van der Waals surface area contributed by atoms with Crippen molar-refractivity contribution in [3.8, 4) is 11.5 Å². The van der Waals surface area contributed by atoms with Crippen molar-refractivity contribution in [2.75, 3.05) is 33.4 Å². The van der Waals surface area contributed by atoms with Gasteiger partial charge in [0, 0.05) is 30.5 Å². The zero-order valence-corrected chi connectivity index (χ0v) is 11.9. The van der Waals surface area contributed by atoms with Gasteiger partial charge in [0.25, 0.3) is 0 Å². The van der Waals surface area contributed by atoms with Gasteiger partial charge >= 0.3 is 0 Å². The highest BCUT2D eigenvalue weighted by atomic mass is 16.5. The lowest BCUT2D eigenvalue weighted by Crippen LogP contribution is -2.25. The summed E-state index contributed by atoms with van der Waals surface area (Å²) in [6, 6.07) is 6.14. The first-order chi connectivity index (χ1) is 9.33. The third-order valence-corrected chi connectivity index (χ3v) is 4.41. The summed E-state index contributed by atoms with van der Waals surface area (Å²) < 4.78 is 11.5. The normalized spacial score (nSPS) is 25.6. The fourth-order valence-electron chi connectivity index (χ4n) is 3.41. The lowest BCUT2D eigenvalue weighted by atomic mass is 9.86. The number of nitrogens with zero attached hydrogens (tertiary/aromatic N) is 1. The van der Waals surface area contributed by atoms with Crippen molar-refractivity contribution in [1.29, 1.82) is 0 Å². The summed E-state index contributed by atoms with van der Waals surface area (Å²) in [6.45, 7) is 6.65. The van der Waals surface area contributed by atoms with Gasteiger partial charge < -0.3 is 14.4 Å². The Balaban J connectivity index is 1.84. The third-order valence-electron chi connectivity index (χ3n) is 4.41. The average Bonchev–Trinajstić information content (AvgIpc) is 2.87. The monoisotopic (exact) mass is 261 g/mol. The minimum atomic E-state index is 0.580. The Kier molecular flexibility index (Phi) is 3.65. The minimum Gasteiger partial charge on any atom is -0.496 e. The molecule has 3 heteroatoms. The van der Waals surface area contributed by atoms with E-state index in [1.54, 1.807) is 7.11 Å². The summed E-state index contributed by atoms with van der Waals surface area (Å²) >= 11 is 0. The molecule has 2 heterocycles. The molecule has 2 aliphatic heterocycles. The van der Waals surface area contributed by atoms with Crippen molar-refractivity contribution in [3.63, 3.8) is 0 Å². The standard InChI is InChI=1S/C16H23NO2/c1-3-4-8-17-9-12-11-19-15-7-5-6-14(18-2)16(15)13(12)10-17/h5-7,12-13H,3-4,8-11H2,1-2H3/t12-,13+/m1/s1. The highest BCUT2D eigenvalue weighted by Gasteiger charge is 2.40. The van der Waals surface area contributed by atoms with Gasteiger partial charge in [-0.05, 0) is 25.1 Å². The highest BCUT2D eigenvalue weighted by Crippen LogP contribution is 2.45. The second kappa shape index (κ2) is 5.41. The van der Waals surface area contributed by atoms with Gasteiger partial charge in [0.15, 0.2) is 0 Å². The zero-order chi connectivity index (χ0) is 13.2. The van der Waals surface area contributed by atoms with Gasteiger partial charge in [-0.15, -0.1) is 0 Å². The molecule has 0 saturated carbocycles. The SMILES string of the molecule is CCCCN1C[C@@H]2COc3cccc(OC)c3[C@H]2C1. The second-order valence-electron chi connectivity index (χ2n) is 5.66. The number of rotatable bonds is 4. The van der Waals surface area contributed by atoms with E-state index in [0.717, 1.165) is 24.7 Å². The lowest BCUT2D eigenvalue weighted by molar-refractivity contribution is 0.209. The van der Waals surface area contributed by atoms with E-state index in [2.05, 4.69) is 24.0 Å². The van der Waals surface area contributed by atoms with Crippen molar-refractivity contribution in [3.05, 3.63) is 23.8 Å². The van der Waals surface area contributed by atoms with Crippen LogP contribution in [0.1, 0.15) is 31.2 Å². The summed E-state index contributed by atoms with van der Waals surface area (Å²) in [7, 11) is 1.75. The van der Waals surface area contributed by atoms with Crippen LogP contribution in [0.25, 0.3) is 0 Å². The van der Waals surface area contributed by atoms with Gasteiger partial charge in [-0.25, -0.2) is 0 Å². The molecule has 1 saturated heterocycles. The molecule has 1 aromatic carbocycles. The van der Waals surface area contributed by atoms with Crippen molar-refractivity contribution in [2.45, 2.75) is 25.7 Å². The molecular weight excluding hydrogens is 238 g/mol. The molecule has 0 aliphatic carbocycles. The number of hydrogen-bond acceptors (Lipinski definition) is 3. The van der Waals surface area contributed by atoms with Crippen LogP contribution in [0.15, 0.2) is 18.2 Å². The fraction of sp³-hybridized carbons (Fsp3) is 0.625. The number of hydrogen-bond donors (Lipinski definition) is 0. The molecule has 19 heavy (non-hydrogen) atoms. The Morgan fingerprint density at radius 2 is 2.26 bits per heavy atom. The van der Waals surface area contributed by atoms with Crippen LogP contribution in [0.5, 0.6) is 11.5 Å². The minimum absolute atomic E-state index is 0.580. The molecule has 1 aromatic rings. The molecule has 0 unspecified atom stereocenters. The number of likely N-dealkylation sites (tertiary alicyclic amines) is 1. The van der Waals surface area contributed by atoms with E-state index in [4.69, 9.17) is 9.47 Å². The molecule has 1 fully saturated rings. The third kappa shape index (κ3) is 2.32. The van der Waals surface area contributed by atoms with Gasteiger partial charge in [0.05, 0.1) is 13.7 Å². The molecule has 0 amide bonds. The smallest absolute Gasteiger partial charge is 0.126 e. The van der Waals surface area contributed by atoms with E-state index in [1.165, 1.54) is 31.5 Å². The maximum absolute atomic E-state index is 5.93. The van der Waals surface area contributed by atoms with Crippen molar-refractivity contribution >= 4 is 0 Å². The van der Waals surface area contributed by atoms with Crippen LogP contribution in [0.4, 0.5) is 0 Å². The van der Waals surface area contributed by atoms with E-state index in [0.29, 0.717) is 11.8 Å². The van der Waals surface area contributed by atoms with Crippen LogP contribution >= 0.6 is 0 Å². The van der Waals surface area contributed by atoms with E-state index in [9.17, 15) is 0 Å². The van der Waals surface area contributed by atoms with Crippen LogP contribution in [-0.2, 0) is 0 Å². The van der Waals surface area contributed by atoms with Crippen molar-refractivity contribution < 1.29 is 9.47 Å². The van der Waals surface area contributed by atoms with E-state index in [1.807, 2.05) is 6.07 Å². The molecule has 2 aliphatic rings. The summed E-state index contributed by atoms with van der Waals surface area (Å²) in [5.74, 6) is 3.22. The Hall–Kier alpha value is -1.22. The quantitative estimate of drug-likeness (QED) is 0.832. The summed E-state index contributed by atoms with van der Waals surface area (Å²) in [6.07, 6.45) is 2.56. The van der Waals surface area contributed by atoms with E-state index >= 15 is 0 Å². The van der Waals surface area contributed by atoms with Crippen LogP contribution < -0.4 is 9.47 Å². The van der Waals surface area contributed by atoms with E-state index < -0.39 is 0 Å². The maximum atomic E-state index is 5.93. The van der Waals surface area contributed by atoms with Crippen LogP contribution in [0.3, 0.4) is 0 Å². The van der Waals surface area contributed by atoms with Gasteiger partial charge in [0.2, 0.25) is 0 Å². The van der Waals surface area contributed by atoms with Gasteiger partial charge in [-0.3, -0.25) is 0 Å². The first-order valence-corrected chi connectivity index (χ1v) is 7.35. The zero-order valence-electron chi connectivity index (χ0n) is 11.9. The lowest BCUT2D eigenvalue weighted by Gasteiger charge is -2.29. The molecule has 0 radical (unpaired) electrons. The first-order valence-electron chi connectivity index (χ1n) is 7.35. The summed E-state index contributed by atoms with van der Waals surface area (Å²) in [5, 5.41) is 0. The van der Waals surface area contributed by atoms with Gasteiger partial charge in [0.1, 0.15) is 11.5 Å². The number of benzene rings is 1. The predicted molar refractivity (Wildman–Crippen MR) is 76.1 cm³/mol. The number of methoxy groups -OCH3 is 1. The second-order valence-corrected chi connectivity index (χ2v) is 5.66. The number of fused-ring (bicyclic) bond motifs is 3. The number of ether oxygens (including phenoxy) is 2. The largest absolute Gasteiger partial charge is 0.496 e. The van der Waals surface area contributed by atoms with Crippen LogP contribution in [0.2, 0.25) is 0 Å². The maximum Gasteiger partial charge on any atom is 0.126 e. The van der Waals surface area contributed by atoms with Crippen LogP contribution in [0, 0.1) is 5.92 Å². The average molecular weight is 261 g/mol. The first kappa shape index (κ1) is 12.8. The number of unbranched alkanes of at least 4 members (excludes halogenated alkanes) is 1. The van der Waals surface area contributed by atoms with Gasteiger partial charge in [-0.2, -0.15) is 0 Å². The molecule has 3 rings (SSSR count). The highest BCUT2D eigenvalue weighted by molar-refractivity contribution is 5.49. The summed E-state index contributed by atoms with van der Waals surface area (Å²) in [4.78, 5) is 2.59. The molecule has 3 nitrogen and oxygen atoms in total. The topological polar surface area (TPSA) is 21.7 Å². The molecule has 0 bridgehead atoms. The molecule has 0 N–H and O–H groups in total. The molecule has 0 spiro atoms. The van der Waals surface area contributed by atoms with Crippen LogP contribution in [-0.4, -0.2) is 38.3 Å². The Bertz CT molecular complexity index is 432. The molecule has 0 aromatic heterocycles. The summed E-state index contributed by atoms with van der Waals surface area (Å²) in [5.41, 5.74) is 1.29. The fourth-order valence-corrected chi connectivity index (χ4v) is 3.41.